The quantitative estimate of drug-likeness (QED) is 0.609. The van der Waals surface area contributed by atoms with Crippen LogP contribution in [0.3, 0.4) is 0 Å². The van der Waals surface area contributed by atoms with Gasteiger partial charge in [-0.1, -0.05) is 48.7 Å². The summed E-state index contributed by atoms with van der Waals surface area (Å²) in [5.74, 6) is 0.654. The van der Waals surface area contributed by atoms with Crippen molar-refractivity contribution in [1.29, 1.82) is 0 Å². The number of para-hydroxylation sites is 1. The molecule has 1 atom stereocenters. The third-order valence-corrected chi connectivity index (χ3v) is 4.40. The van der Waals surface area contributed by atoms with Gasteiger partial charge < -0.3 is 4.84 Å². The van der Waals surface area contributed by atoms with Gasteiger partial charge in [0, 0.05) is 17.1 Å². The van der Waals surface area contributed by atoms with Crippen LogP contribution in [0.1, 0.15) is 44.6 Å². The van der Waals surface area contributed by atoms with Crippen molar-refractivity contribution in [2.75, 3.05) is 0 Å². The molecular weight excluding hydrogens is 260 g/mol. The molecule has 21 heavy (non-hydrogen) atoms. The van der Waals surface area contributed by atoms with Gasteiger partial charge in [-0.3, -0.25) is 4.98 Å². The third kappa shape index (κ3) is 3.41. The zero-order chi connectivity index (χ0) is 14.5. The number of pyridine rings is 1. The number of hydrogen-bond donors (Lipinski definition) is 0. The fourth-order valence-corrected chi connectivity index (χ4v) is 3.10. The van der Waals surface area contributed by atoms with Crippen LogP contribution in [-0.2, 0) is 4.84 Å². The van der Waals surface area contributed by atoms with Crippen molar-refractivity contribution in [1.82, 2.24) is 4.98 Å². The van der Waals surface area contributed by atoms with Crippen LogP contribution in [0.5, 0.6) is 0 Å². The summed E-state index contributed by atoms with van der Waals surface area (Å²) in [5, 5.41) is 5.33. The first-order chi connectivity index (χ1) is 10.3. The standard InChI is InChI=1S/C18H22N2O/c1-14(15-7-3-2-4-8-15)21-20-13-17-10-5-9-16-11-6-12-19-18(16)17/h5-6,9-15H,2-4,7-8H2,1H3. The van der Waals surface area contributed by atoms with Gasteiger partial charge in [-0.25, -0.2) is 0 Å². The van der Waals surface area contributed by atoms with Crippen LogP contribution in [-0.4, -0.2) is 17.3 Å². The number of benzene rings is 1. The van der Waals surface area contributed by atoms with Gasteiger partial charge in [-0.15, -0.1) is 0 Å². The van der Waals surface area contributed by atoms with Gasteiger partial charge in [0.1, 0.15) is 6.10 Å². The summed E-state index contributed by atoms with van der Waals surface area (Å²) in [6.45, 7) is 2.13. The van der Waals surface area contributed by atoms with Gasteiger partial charge >= 0.3 is 0 Å². The molecule has 0 amide bonds. The minimum Gasteiger partial charge on any atom is -0.392 e. The van der Waals surface area contributed by atoms with E-state index in [0.717, 1.165) is 16.5 Å². The van der Waals surface area contributed by atoms with Gasteiger partial charge in [0.2, 0.25) is 0 Å². The fourth-order valence-electron chi connectivity index (χ4n) is 3.10. The van der Waals surface area contributed by atoms with Crippen LogP contribution in [0.2, 0.25) is 0 Å². The van der Waals surface area contributed by atoms with Crippen molar-refractivity contribution >= 4 is 17.1 Å². The average molecular weight is 282 g/mol. The summed E-state index contributed by atoms with van der Waals surface area (Å²) in [6.07, 6.45) is 10.4. The third-order valence-electron chi connectivity index (χ3n) is 4.40. The smallest absolute Gasteiger partial charge is 0.127 e. The second-order valence-electron chi connectivity index (χ2n) is 5.87. The maximum absolute atomic E-state index is 5.68. The zero-order valence-electron chi connectivity index (χ0n) is 12.5. The summed E-state index contributed by atoms with van der Waals surface area (Å²) in [4.78, 5) is 10.1. The monoisotopic (exact) mass is 282 g/mol. The predicted octanol–water partition coefficient (Wildman–Crippen LogP) is 4.55. The maximum atomic E-state index is 5.68. The largest absolute Gasteiger partial charge is 0.392 e. The first-order valence-corrected chi connectivity index (χ1v) is 7.87. The van der Waals surface area contributed by atoms with Crippen LogP contribution in [0.15, 0.2) is 41.7 Å². The lowest BCUT2D eigenvalue weighted by atomic mass is 9.86. The average Bonchev–Trinajstić information content (AvgIpc) is 2.56. The zero-order valence-corrected chi connectivity index (χ0v) is 12.5. The molecule has 0 aliphatic heterocycles. The van der Waals surface area contributed by atoms with E-state index in [9.17, 15) is 0 Å². The Kier molecular flexibility index (Phi) is 4.49. The van der Waals surface area contributed by atoms with Gasteiger partial charge in [0.25, 0.3) is 0 Å². The number of hydrogen-bond acceptors (Lipinski definition) is 3. The highest BCUT2D eigenvalue weighted by Gasteiger charge is 2.21. The van der Waals surface area contributed by atoms with E-state index >= 15 is 0 Å². The molecule has 0 N–H and O–H groups in total. The molecule has 110 valence electrons. The minimum atomic E-state index is 0.199. The first kappa shape index (κ1) is 14.1. The second-order valence-corrected chi connectivity index (χ2v) is 5.87. The predicted molar refractivity (Wildman–Crippen MR) is 86.5 cm³/mol. The van der Waals surface area contributed by atoms with Gasteiger partial charge in [-0.05, 0) is 31.7 Å². The Hall–Kier alpha value is -1.90. The van der Waals surface area contributed by atoms with Crippen molar-refractivity contribution in [2.24, 2.45) is 11.1 Å². The molecule has 0 saturated heterocycles. The molecule has 2 aromatic rings. The highest BCUT2D eigenvalue weighted by atomic mass is 16.6. The van der Waals surface area contributed by atoms with E-state index in [0.29, 0.717) is 5.92 Å². The lowest BCUT2D eigenvalue weighted by molar-refractivity contribution is 0.0176. The summed E-state index contributed by atoms with van der Waals surface area (Å²) in [6, 6.07) is 10.1. The van der Waals surface area contributed by atoms with E-state index in [1.54, 1.807) is 6.21 Å². The lowest BCUT2D eigenvalue weighted by Gasteiger charge is -2.25. The van der Waals surface area contributed by atoms with Crippen LogP contribution < -0.4 is 0 Å². The number of oxime groups is 1. The molecule has 1 aromatic heterocycles. The lowest BCUT2D eigenvalue weighted by Crippen LogP contribution is -2.21. The fraction of sp³-hybridized carbons (Fsp3) is 0.444. The Balaban J connectivity index is 1.67. The molecule has 3 nitrogen and oxygen atoms in total. The van der Waals surface area contributed by atoms with E-state index in [-0.39, 0.29) is 6.10 Å². The Morgan fingerprint density at radius 2 is 2.00 bits per heavy atom. The summed E-state index contributed by atoms with van der Waals surface area (Å²) < 4.78 is 0. The Bertz CT molecular complexity index is 612. The first-order valence-electron chi connectivity index (χ1n) is 7.87. The van der Waals surface area contributed by atoms with Crippen molar-refractivity contribution in [3.05, 3.63) is 42.1 Å². The van der Waals surface area contributed by atoms with E-state index in [1.807, 2.05) is 24.4 Å². The van der Waals surface area contributed by atoms with Crippen molar-refractivity contribution in [2.45, 2.75) is 45.1 Å². The van der Waals surface area contributed by atoms with E-state index in [4.69, 9.17) is 4.84 Å². The molecule has 1 aliphatic rings. The summed E-state index contributed by atoms with van der Waals surface area (Å²) in [5.41, 5.74) is 1.97. The molecule has 0 bridgehead atoms. The summed E-state index contributed by atoms with van der Waals surface area (Å²) >= 11 is 0. The van der Waals surface area contributed by atoms with Crippen LogP contribution >= 0.6 is 0 Å². The number of aromatic nitrogens is 1. The molecule has 3 rings (SSSR count). The molecule has 1 fully saturated rings. The van der Waals surface area contributed by atoms with Crippen LogP contribution in [0, 0.1) is 5.92 Å². The molecule has 0 radical (unpaired) electrons. The van der Waals surface area contributed by atoms with Crippen molar-refractivity contribution in [3.8, 4) is 0 Å². The molecule has 1 heterocycles. The molecule has 1 aromatic carbocycles. The van der Waals surface area contributed by atoms with Gasteiger partial charge in [0.15, 0.2) is 0 Å². The molecule has 1 aliphatic carbocycles. The maximum Gasteiger partial charge on any atom is 0.127 e. The highest BCUT2D eigenvalue weighted by Crippen LogP contribution is 2.27. The van der Waals surface area contributed by atoms with E-state index in [1.165, 1.54) is 32.1 Å². The Morgan fingerprint density at radius 1 is 1.19 bits per heavy atom. The molecule has 3 heteroatoms. The van der Waals surface area contributed by atoms with Crippen LogP contribution in [0.4, 0.5) is 0 Å². The minimum absolute atomic E-state index is 0.199. The Morgan fingerprint density at radius 3 is 2.86 bits per heavy atom. The summed E-state index contributed by atoms with van der Waals surface area (Å²) in [7, 11) is 0. The van der Waals surface area contributed by atoms with Crippen molar-refractivity contribution in [3.63, 3.8) is 0 Å². The second kappa shape index (κ2) is 6.70. The van der Waals surface area contributed by atoms with E-state index in [2.05, 4.69) is 29.2 Å². The number of nitrogens with zero attached hydrogens (tertiary/aromatic N) is 2. The Labute approximate surface area is 126 Å². The van der Waals surface area contributed by atoms with Crippen molar-refractivity contribution < 1.29 is 4.84 Å². The normalized spacial score (nSPS) is 18.1. The molecular formula is C18H22N2O. The van der Waals surface area contributed by atoms with Gasteiger partial charge in [0.05, 0.1) is 11.7 Å². The van der Waals surface area contributed by atoms with Gasteiger partial charge in [-0.2, -0.15) is 0 Å². The number of rotatable bonds is 4. The molecule has 0 spiro atoms. The highest BCUT2D eigenvalue weighted by molar-refractivity contribution is 5.97. The van der Waals surface area contributed by atoms with Crippen LogP contribution in [0.25, 0.3) is 10.9 Å². The topological polar surface area (TPSA) is 34.5 Å². The molecule has 1 unspecified atom stereocenters. The van der Waals surface area contributed by atoms with E-state index < -0.39 is 0 Å². The molecule has 1 saturated carbocycles. The number of fused-ring (bicyclic) bond motifs is 1. The SMILES string of the molecule is CC(ON=Cc1cccc2cccnc12)C1CCCCC1.